The molecule has 0 aliphatic heterocycles. The average Bonchev–Trinajstić information content (AvgIpc) is 3.16. The molecule has 1 aliphatic carbocycles. The number of carbonyl (C=O) groups excluding carboxylic acids is 2. The summed E-state index contributed by atoms with van der Waals surface area (Å²) in [6.07, 6.45) is 8.68. The summed E-state index contributed by atoms with van der Waals surface area (Å²) in [5, 5.41) is 0. The highest BCUT2D eigenvalue weighted by molar-refractivity contribution is 6.03. The molecule has 25 heavy (non-hydrogen) atoms. The lowest BCUT2D eigenvalue weighted by Gasteiger charge is -2.20. The van der Waals surface area contributed by atoms with Gasteiger partial charge in [-0.3, -0.25) is 0 Å². The predicted octanol–water partition coefficient (Wildman–Crippen LogP) is 5.16. The number of esters is 2. The number of carbonyl (C=O) groups is 2. The van der Waals surface area contributed by atoms with Crippen molar-refractivity contribution < 1.29 is 19.1 Å². The SMILES string of the molecule is CCCCCCOC(=O)c1ccccc1C(=O)OC(C)C1CCCC1. The summed E-state index contributed by atoms with van der Waals surface area (Å²) in [5.74, 6) is -0.447. The highest BCUT2D eigenvalue weighted by Gasteiger charge is 2.26. The Morgan fingerprint density at radius 2 is 1.68 bits per heavy atom. The maximum Gasteiger partial charge on any atom is 0.339 e. The second-order valence-electron chi connectivity index (χ2n) is 6.90. The monoisotopic (exact) mass is 346 g/mol. The van der Waals surface area contributed by atoms with Crippen LogP contribution in [0.15, 0.2) is 24.3 Å². The molecule has 1 atom stereocenters. The van der Waals surface area contributed by atoms with Gasteiger partial charge in [0.1, 0.15) is 6.10 Å². The zero-order chi connectivity index (χ0) is 18.1. The molecule has 1 aliphatic rings. The topological polar surface area (TPSA) is 52.6 Å². The van der Waals surface area contributed by atoms with E-state index >= 15 is 0 Å². The third-order valence-electron chi connectivity index (χ3n) is 4.95. The van der Waals surface area contributed by atoms with Crippen LogP contribution in [0.4, 0.5) is 0 Å². The largest absolute Gasteiger partial charge is 0.462 e. The van der Waals surface area contributed by atoms with E-state index in [0.29, 0.717) is 23.7 Å². The quantitative estimate of drug-likeness (QED) is 0.458. The zero-order valence-electron chi connectivity index (χ0n) is 15.5. The molecule has 1 fully saturated rings. The van der Waals surface area contributed by atoms with Crippen molar-refractivity contribution in [1.29, 1.82) is 0 Å². The van der Waals surface area contributed by atoms with Gasteiger partial charge in [-0.1, -0.05) is 51.2 Å². The molecule has 1 unspecified atom stereocenters. The van der Waals surface area contributed by atoms with Gasteiger partial charge in [-0.15, -0.1) is 0 Å². The van der Waals surface area contributed by atoms with Gasteiger partial charge < -0.3 is 9.47 Å². The summed E-state index contributed by atoms with van der Waals surface area (Å²) >= 11 is 0. The van der Waals surface area contributed by atoms with Gasteiger partial charge in [-0.2, -0.15) is 0 Å². The summed E-state index contributed by atoms with van der Waals surface area (Å²) < 4.78 is 10.9. The van der Waals surface area contributed by atoms with E-state index < -0.39 is 11.9 Å². The summed E-state index contributed by atoms with van der Waals surface area (Å²) in [4.78, 5) is 24.8. The van der Waals surface area contributed by atoms with E-state index in [-0.39, 0.29) is 6.10 Å². The van der Waals surface area contributed by atoms with Crippen molar-refractivity contribution >= 4 is 11.9 Å². The minimum atomic E-state index is -0.447. The van der Waals surface area contributed by atoms with Gasteiger partial charge in [0.2, 0.25) is 0 Å². The lowest BCUT2D eigenvalue weighted by Crippen LogP contribution is -2.23. The van der Waals surface area contributed by atoms with Crippen LogP contribution in [0.2, 0.25) is 0 Å². The molecule has 1 saturated carbocycles. The Labute approximate surface area is 150 Å². The highest BCUT2D eigenvalue weighted by atomic mass is 16.5. The Balaban J connectivity index is 1.94. The molecule has 138 valence electrons. The average molecular weight is 346 g/mol. The van der Waals surface area contributed by atoms with Crippen LogP contribution in [0.1, 0.15) is 85.9 Å². The molecule has 0 spiro atoms. The van der Waals surface area contributed by atoms with Crippen molar-refractivity contribution in [2.75, 3.05) is 6.61 Å². The van der Waals surface area contributed by atoms with Gasteiger partial charge in [0, 0.05) is 0 Å². The third kappa shape index (κ3) is 5.87. The first-order chi connectivity index (χ1) is 12.1. The van der Waals surface area contributed by atoms with E-state index in [1.165, 1.54) is 12.8 Å². The number of hydrogen-bond donors (Lipinski definition) is 0. The van der Waals surface area contributed by atoms with Gasteiger partial charge in [0.05, 0.1) is 17.7 Å². The Morgan fingerprint density at radius 3 is 2.32 bits per heavy atom. The summed E-state index contributed by atoms with van der Waals surface area (Å²) in [6.45, 7) is 4.48. The van der Waals surface area contributed by atoms with E-state index in [2.05, 4.69) is 6.92 Å². The number of unbranched alkanes of at least 4 members (excludes halogenated alkanes) is 3. The van der Waals surface area contributed by atoms with Gasteiger partial charge in [0.15, 0.2) is 0 Å². The van der Waals surface area contributed by atoms with Crippen molar-refractivity contribution in [3.05, 3.63) is 35.4 Å². The lowest BCUT2D eigenvalue weighted by atomic mass is 10.0. The van der Waals surface area contributed by atoms with Crippen molar-refractivity contribution in [3.8, 4) is 0 Å². The van der Waals surface area contributed by atoms with E-state index in [9.17, 15) is 9.59 Å². The number of ether oxygens (including phenoxy) is 2. The Kier molecular flexibility index (Phi) is 7.96. The zero-order valence-corrected chi connectivity index (χ0v) is 15.5. The normalized spacial score (nSPS) is 15.8. The van der Waals surface area contributed by atoms with Crippen LogP contribution >= 0.6 is 0 Å². The first kappa shape index (κ1) is 19.5. The first-order valence-electron chi connectivity index (χ1n) is 9.60. The van der Waals surface area contributed by atoms with E-state index in [0.717, 1.165) is 38.5 Å². The molecule has 0 amide bonds. The fourth-order valence-electron chi connectivity index (χ4n) is 3.37. The Hall–Kier alpha value is -1.84. The second kappa shape index (κ2) is 10.2. The molecular formula is C21H30O4. The highest BCUT2D eigenvalue weighted by Crippen LogP contribution is 2.29. The Morgan fingerprint density at radius 1 is 1.04 bits per heavy atom. The third-order valence-corrected chi connectivity index (χ3v) is 4.95. The molecule has 0 radical (unpaired) electrons. The first-order valence-corrected chi connectivity index (χ1v) is 9.60. The van der Waals surface area contributed by atoms with Crippen molar-refractivity contribution in [3.63, 3.8) is 0 Å². The Bertz CT molecular complexity index is 561. The van der Waals surface area contributed by atoms with Crippen LogP contribution in [0, 0.1) is 5.92 Å². The van der Waals surface area contributed by atoms with Crippen LogP contribution in [0.3, 0.4) is 0 Å². The molecule has 0 aromatic heterocycles. The molecule has 1 aromatic carbocycles. The van der Waals surface area contributed by atoms with E-state index in [4.69, 9.17) is 9.47 Å². The standard InChI is InChI=1S/C21H30O4/c1-3-4-5-10-15-24-20(22)18-13-8-9-14-19(18)21(23)25-16(2)17-11-6-7-12-17/h8-9,13-14,16-17H,3-7,10-12,15H2,1-2H3. The fourth-order valence-corrected chi connectivity index (χ4v) is 3.37. The molecule has 1 aromatic rings. The molecular weight excluding hydrogens is 316 g/mol. The van der Waals surface area contributed by atoms with Crippen LogP contribution in [-0.4, -0.2) is 24.6 Å². The van der Waals surface area contributed by atoms with Gasteiger partial charge >= 0.3 is 11.9 Å². The molecule has 4 nitrogen and oxygen atoms in total. The van der Waals surface area contributed by atoms with Gasteiger partial charge in [-0.25, -0.2) is 9.59 Å². The molecule has 0 heterocycles. The molecule has 0 N–H and O–H groups in total. The van der Waals surface area contributed by atoms with E-state index in [1.807, 2.05) is 6.92 Å². The fraction of sp³-hybridized carbons (Fsp3) is 0.619. The smallest absolute Gasteiger partial charge is 0.339 e. The van der Waals surface area contributed by atoms with Crippen molar-refractivity contribution in [1.82, 2.24) is 0 Å². The molecule has 0 bridgehead atoms. The summed E-state index contributed by atoms with van der Waals surface area (Å²) in [6, 6.07) is 6.75. The van der Waals surface area contributed by atoms with Crippen LogP contribution in [-0.2, 0) is 9.47 Å². The summed E-state index contributed by atoms with van der Waals surface area (Å²) in [7, 11) is 0. The maximum atomic E-state index is 12.5. The maximum absolute atomic E-state index is 12.5. The van der Waals surface area contributed by atoms with Crippen molar-refractivity contribution in [2.45, 2.75) is 71.3 Å². The van der Waals surface area contributed by atoms with Crippen LogP contribution in [0.5, 0.6) is 0 Å². The van der Waals surface area contributed by atoms with Crippen LogP contribution < -0.4 is 0 Å². The minimum Gasteiger partial charge on any atom is -0.462 e. The predicted molar refractivity (Wildman–Crippen MR) is 97.7 cm³/mol. The number of hydrogen-bond acceptors (Lipinski definition) is 4. The van der Waals surface area contributed by atoms with Crippen molar-refractivity contribution in [2.24, 2.45) is 5.92 Å². The van der Waals surface area contributed by atoms with Gasteiger partial charge in [-0.05, 0) is 44.2 Å². The molecule has 0 saturated heterocycles. The number of rotatable bonds is 9. The summed E-state index contributed by atoms with van der Waals surface area (Å²) in [5.41, 5.74) is 0.590. The molecule has 4 heteroatoms. The molecule has 2 rings (SSSR count). The van der Waals surface area contributed by atoms with E-state index in [1.54, 1.807) is 24.3 Å². The lowest BCUT2D eigenvalue weighted by molar-refractivity contribution is 0.0196. The second-order valence-corrected chi connectivity index (χ2v) is 6.90. The van der Waals surface area contributed by atoms with Gasteiger partial charge in [0.25, 0.3) is 0 Å². The number of benzene rings is 1. The van der Waals surface area contributed by atoms with Crippen LogP contribution in [0.25, 0.3) is 0 Å². The minimum absolute atomic E-state index is 0.117.